The number of benzene rings is 2. The van der Waals surface area contributed by atoms with Gasteiger partial charge in [-0.05, 0) is 68.0 Å². The van der Waals surface area contributed by atoms with Crippen LogP contribution in [0.4, 0.5) is 14.5 Å². The number of carbonyl (C=O) groups is 4. The van der Waals surface area contributed by atoms with Crippen LogP contribution in [0, 0.1) is 6.92 Å². The van der Waals surface area contributed by atoms with E-state index >= 15 is 0 Å². The number of amides is 4. The lowest BCUT2D eigenvalue weighted by Gasteiger charge is -2.38. The highest BCUT2D eigenvalue weighted by molar-refractivity contribution is 7.52. The highest BCUT2D eigenvalue weighted by atomic mass is 32.1. The topological polar surface area (TPSA) is 182 Å². The van der Waals surface area contributed by atoms with Crippen LogP contribution in [0.2, 0.25) is 0 Å². The first kappa shape index (κ1) is 32.7. The molecule has 0 bridgehead atoms. The second-order valence-electron chi connectivity index (χ2n) is 11.7. The second kappa shape index (κ2) is 12.1. The van der Waals surface area contributed by atoms with Crippen LogP contribution < -0.4 is 10.6 Å². The molecule has 2 saturated heterocycles. The maximum Gasteiger partial charge on any atom is 0.399 e. The van der Waals surface area contributed by atoms with Crippen molar-refractivity contribution in [1.29, 1.82) is 0 Å². The van der Waals surface area contributed by atoms with E-state index < -0.39 is 48.6 Å². The van der Waals surface area contributed by atoms with Gasteiger partial charge in [0.1, 0.15) is 12.1 Å². The van der Waals surface area contributed by atoms with Crippen molar-refractivity contribution in [3.63, 3.8) is 0 Å². The predicted molar refractivity (Wildman–Crippen MR) is 167 cm³/mol. The number of nitrogens with zero attached hydrogens (tertiary/aromatic N) is 3. The number of nitrogens with one attached hydrogen (secondary N) is 2. The summed E-state index contributed by atoms with van der Waals surface area (Å²) in [6.45, 7) is 3.29. The molecule has 248 valence electrons. The Morgan fingerprint density at radius 3 is 2.60 bits per heavy atom. The van der Waals surface area contributed by atoms with Crippen molar-refractivity contribution in [3.05, 3.63) is 58.6 Å². The normalized spacial score (nSPS) is 20.6. The lowest BCUT2D eigenvalue weighted by molar-refractivity contribution is -0.143. The number of alkyl halides is 2. The molecule has 13 nitrogen and oxygen atoms in total. The summed E-state index contributed by atoms with van der Waals surface area (Å²) in [5, 5.41) is 10.4. The number of anilines is 1. The molecule has 0 aliphatic carbocycles. The number of carbonyl (C=O) groups excluding carboxylic acids is 4. The van der Waals surface area contributed by atoms with Crippen LogP contribution in [0.3, 0.4) is 0 Å². The quantitative estimate of drug-likeness (QED) is 0.218. The van der Waals surface area contributed by atoms with Crippen LogP contribution in [-0.2, 0) is 24.6 Å². The van der Waals surface area contributed by atoms with Gasteiger partial charge in [0.25, 0.3) is 5.91 Å². The molecular weight excluding hydrogens is 659 g/mol. The number of aromatic nitrogens is 1. The van der Waals surface area contributed by atoms with Gasteiger partial charge in [0.05, 0.1) is 10.6 Å². The zero-order chi connectivity index (χ0) is 33.8. The van der Waals surface area contributed by atoms with Crippen LogP contribution in [0.5, 0.6) is 0 Å². The van der Waals surface area contributed by atoms with Crippen LogP contribution >= 0.6 is 18.9 Å². The van der Waals surface area contributed by atoms with Gasteiger partial charge in [-0.1, -0.05) is 11.2 Å². The largest absolute Gasteiger partial charge is 0.399 e. The Hall–Kier alpha value is -4.24. The van der Waals surface area contributed by atoms with Gasteiger partial charge in [-0.3, -0.25) is 23.7 Å². The fourth-order valence-corrected chi connectivity index (χ4v) is 7.55. The molecule has 2 aliphatic rings. The molecule has 3 atom stereocenters. The van der Waals surface area contributed by atoms with Gasteiger partial charge < -0.3 is 34.7 Å². The van der Waals surface area contributed by atoms with E-state index in [4.69, 9.17) is 14.3 Å². The van der Waals surface area contributed by atoms with Crippen molar-refractivity contribution in [2.75, 3.05) is 18.4 Å². The van der Waals surface area contributed by atoms with E-state index in [2.05, 4.69) is 15.8 Å². The van der Waals surface area contributed by atoms with Gasteiger partial charge in [-0.25, -0.2) is 0 Å². The van der Waals surface area contributed by atoms with E-state index in [-0.39, 0.29) is 28.8 Å². The minimum absolute atomic E-state index is 0.0487. The Labute approximate surface area is 270 Å². The Morgan fingerprint density at radius 1 is 1.11 bits per heavy atom. The monoisotopic (exact) mass is 689 g/mol. The number of halogens is 2. The van der Waals surface area contributed by atoms with Crippen molar-refractivity contribution in [2.24, 2.45) is 0 Å². The first-order valence-electron chi connectivity index (χ1n) is 14.7. The average molecular weight is 690 g/mol. The molecule has 4 heterocycles. The number of rotatable bonds is 6. The minimum Gasteiger partial charge on any atom is -0.356 e. The molecule has 0 spiro atoms. The standard InChI is InChI=1S/C30H30F2N5O8PS/c1-15-21-13-19(4-7-24(21)45-35-15)33-27(39)23-6-5-20-9-10-36(16(2)38)14-22(29(41)37(20)23)34-28(40)26-12-17-11-18(3-8-25(17)47-26)30(31,32)46(42,43)44/h3-4,7-8,11-13,20,22-23H,5-6,9-10,14H2,1-2H3,(H,33,39)(H,34,40)(H2,42,43,44)/t20-,22+,23+/m1/s1. The summed E-state index contributed by atoms with van der Waals surface area (Å²) in [7, 11) is -5.80. The minimum atomic E-state index is -5.80. The van der Waals surface area contributed by atoms with E-state index in [1.165, 1.54) is 28.9 Å². The Morgan fingerprint density at radius 2 is 1.87 bits per heavy atom. The molecule has 2 aliphatic heterocycles. The first-order chi connectivity index (χ1) is 22.1. The molecular formula is C30H30F2N5O8PS. The van der Waals surface area contributed by atoms with E-state index in [9.17, 15) is 32.5 Å². The van der Waals surface area contributed by atoms with E-state index in [0.717, 1.165) is 28.9 Å². The fourth-order valence-electron chi connectivity index (χ4n) is 6.13. The Bertz CT molecular complexity index is 1980. The van der Waals surface area contributed by atoms with Crippen molar-refractivity contribution in [1.82, 2.24) is 20.3 Å². The average Bonchev–Trinajstić information content (AvgIpc) is 3.73. The lowest BCUT2D eigenvalue weighted by Crippen LogP contribution is -2.60. The number of hydrogen-bond acceptors (Lipinski definition) is 8. The summed E-state index contributed by atoms with van der Waals surface area (Å²) in [5.41, 5.74) is -3.62. The third kappa shape index (κ3) is 6.13. The molecule has 6 rings (SSSR count). The van der Waals surface area contributed by atoms with Crippen LogP contribution in [0.1, 0.15) is 47.1 Å². The molecule has 17 heteroatoms. The smallest absolute Gasteiger partial charge is 0.356 e. The second-order valence-corrected chi connectivity index (χ2v) is 14.4. The van der Waals surface area contributed by atoms with E-state index in [1.54, 1.807) is 25.1 Å². The van der Waals surface area contributed by atoms with Crippen LogP contribution in [0.15, 0.2) is 47.0 Å². The number of aryl methyl sites for hydroxylation is 1. The predicted octanol–water partition coefficient (Wildman–Crippen LogP) is 3.93. The van der Waals surface area contributed by atoms with Gasteiger partial charge in [0.15, 0.2) is 5.58 Å². The zero-order valence-electron chi connectivity index (χ0n) is 25.1. The molecule has 0 saturated carbocycles. The van der Waals surface area contributed by atoms with Crippen molar-refractivity contribution < 1.29 is 46.8 Å². The Kier molecular flexibility index (Phi) is 8.41. The van der Waals surface area contributed by atoms with Crippen LogP contribution in [0.25, 0.3) is 21.1 Å². The van der Waals surface area contributed by atoms with Crippen molar-refractivity contribution >= 4 is 69.3 Å². The highest BCUT2D eigenvalue weighted by Crippen LogP contribution is 2.59. The van der Waals surface area contributed by atoms with Gasteiger partial charge >= 0.3 is 13.3 Å². The summed E-state index contributed by atoms with van der Waals surface area (Å²) >= 11 is 0.935. The molecule has 4 amide bonds. The molecule has 2 fully saturated rings. The van der Waals surface area contributed by atoms with Crippen molar-refractivity contribution in [3.8, 4) is 0 Å². The summed E-state index contributed by atoms with van der Waals surface area (Å²) in [6.07, 6.45) is 1.33. The summed E-state index contributed by atoms with van der Waals surface area (Å²) < 4.78 is 45.6. The van der Waals surface area contributed by atoms with Gasteiger partial charge in [0, 0.05) is 47.4 Å². The SMILES string of the molecule is CC(=O)N1CC[C@H]2CC[C@@H](C(=O)Nc3ccc4onc(C)c4c3)N2C(=O)[C@@H](NC(=O)c2cc3cc(C(F)(F)P(=O)(O)O)ccc3s2)C1. The first-order valence-corrected chi connectivity index (χ1v) is 17.1. The van der Waals surface area contributed by atoms with Crippen molar-refractivity contribution in [2.45, 2.75) is 56.9 Å². The molecule has 2 aromatic heterocycles. The van der Waals surface area contributed by atoms with Gasteiger partial charge in [-0.2, -0.15) is 8.78 Å². The third-order valence-corrected chi connectivity index (χ3v) is 10.7. The Balaban J connectivity index is 1.24. The molecule has 4 N–H and O–H groups in total. The third-order valence-electron chi connectivity index (χ3n) is 8.61. The van der Waals surface area contributed by atoms with Crippen LogP contribution in [-0.4, -0.2) is 79.6 Å². The highest BCUT2D eigenvalue weighted by Gasteiger charge is 2.50. The molecule has 47 heavy (non-hydrogen) atoms. The molecule has 0 radical (unpaired) electrons. The summed E-state index contributed by atoms with van der Waals surface area (Å²) in [5.74, 6) is -1.96. The maximum atomic E-state index is 14.3. The van der Waals surface area contributed by atoms with Gasteiger partial charge in [-0.15, -0.1) is 11.3 Å². The number of fused-ring (bicyclic) bond motifs is 3. The fraction of sp³-hybridized carbons (Fsp3) is 0.367. The number of thiophene rings is 1. The lowest BCUT2D eigenvalue weighted by atomic mass is 10.1. The maximum absolute atomic E-state index is 14.3. The van der Waals surface area contributed by atoms with Gasteiger partial charge in [0.2, 0.25) is 17.7 Å². The molecule has 4 aromatic rings. The molecule has 2 aromatic carbocycles. The molecule has 0 unspecified atom stereocenters. The number of hydrogen-bond donors (Lipinski definition) is 4. The zero-order valence-corrected chi connectivity index (χ0v) is 26.8. The summed E-state index contributed by atoms with van der Waals surface area (Å²) in [4.78, 5) is 74.8. The van der Waals surface area contributed by atoms with E-state index in [1.807, 2.05) is 0 Å². The van der Waals surface area contributed by atoms with E-state index in [0.29, 0.717) is 47.5 Å². The summed E-state index contributed by atoms with van der Waals surface area (Å²) in [6, 6.07) is 6.96.